The van der Waals surface area contributed by atoms with Crippen LogP contribution in [0.3, 0.4) is 0 Å². The van der Waals surface area contributed by atoms with E-state index < -0.39 is 0 Å². The van der Waals surface area contributed by atoms with Gasteiger partial charge in [-0.05, 0) is 24.8 Å². The molecule has 8 nitrogen and oxygen atoms in total. The largest absolute Gasteiger partial charge is 0.354 e. The second kappa shape index (κ2) is 7.19. The zero-order valence-corrected chi connectivity index (χ0v) is 15.1. The number of aromatic nitrogens is 5. The van der Waals surface area contributed by atoms with Gasteiger partial charge in [0.1, 0.15) is 12.0 Å². The molecular weight excluding hydrogens is 342 g/mol. The Kier molecular flexibility index (Phi) is 4.59. The molecule has 1 aliphatic rings. The van der Waals surface area contributed by atoms with Gasteiger partial charge in [0.2, 0.25) is 0 Å². The molecule has 0 radical (unpaired) electrons. The van der Waals surface area contributed by atoms with E-state index in [1.807, 2.05) is 12.3 Å². The highest BCUT2D eigenvalue weighted by atomic mass is 16.1. The van der Waals surface area contributed by atoms with Crippen LogP contribution in [0.2, 0.25) is 0 Å². The van der Waals surface area contributed by atoms with E-state index in [1.54, 1.807) is 17.9 Å². The van der Waals surface area contributed by atoms with Crippen LogP contribution < -0.4 is 5.32 Å². The monoisotopic (exact) mass is 363 g/mol. The van der Waals surface area contributed by atoms with Crippen molar-refractivity contribution in [3.63, 3.8) is 0 Å². The average molecular weight is 363 g/mol. The lowest BCUT2D eigenvalue weighted by atomic mass is 9.96. The summed E-state index contributed by atoms with van der Waals surface area (Å²) in [5, 5.41) is 17.4. The molecule has 1 atom stereocenters. The number of carbonyl (C=O) groups is 1. The topological polar surface area (TPSA) is 112 Å². The van der Waals surface area contributed by atoms with Crippen molar-refractivity contribution < 1.29 is 4.79 Å². The number of nitrogens with one attached hydrogen (secondary N) is 2. The number of hydrogen-bond acceptors (Lipinski definition) is 5. The summed E-state index contributed by atoms with van der Waals surface area (Å²) in [5.41, 5.74) is 2.34. The Hall–Kier alpha value is -3.21. The van der Waals surface area contributed by atoms with Crippen molar-refractivity contribution in [2.45, 2.75) is 38.1 Å². The Morgan fingerprint density at radius 2 is 2.26 bits per heavy atom. The fraction of sp³-hybridized carbons (Fsp3) is 0.421. The van der Waals surface area contributed by atoms with Crippen LogP contribution in [0.4, 0.5) is 0 Å². The van der Waals surface area contributed by atoms with Crippen LogP contribution in [-0.4, -0.2) is 37.7 Å². The smallest absolute Gasteiger partial charge is 0.272 e. The number of carbonyl (C=O) groups excluding carboxylic acids is 1. The molecule has 0 aromatic carbocycles. The van der Waals surface area contributed by atoms with Gasteiger partial charge in [-0.2, -0.15) is 10.4 Å². The maximum absolute atomic E-state index is 12.5. The molecule has 27 heavy (non-hydrogen) atoms. The summed E-state index contributed by atoms with van der Waals surface area (Å²) in [6.07, 6.45) is 10.0. The minimum atomic E-state index is -0.270. The first kappa shape index (κ1) is 17.2. The Labute approximate surface area is 156 Å². The zero-order valence-electron chi connectivity index (χ0n) is 15.1. The lowest BCUT2D eigenvalue weighted by molar-refractivity contribution is 0.0957. The highest BCUT2D eigenvalue weighted by Gasteiger charge is 2.29. The summed E-state index contributed by atoms with van der Waals surface area (Å²) in [6.45, 7) is 0. The van der Waals surface area contributed by atoms with E-state index in [4.69, 9.17) is 0 Å². The summed E-state index contributed by atoms with van der Waals surface area (Å²) < 4.78 is 1.81. The number of nitriles is 1. The Morgan fingerprint density at radius 1 is 1.44 bits per heavy atom. The number of amides is 1. The molecule has 0 spiro atoms. The molecule has 1 unspecified atom stereocenters. The number of nitrogens with zero attached hydrogens (tertiary/aromatic N) is 5. The first-order valence-electron chi connectivity index (χ1n) is 9.19. The van der Waals surface area contributed by atoms with Crippen molar-refractivity contribution in [1.82, 2.24) is 30.0 Å². The van der Waals surface area contributed by atoms with Gasteiger partial charge in [0.15, 0.2) is 5.69 Å². The molecule has 1 aliphatic carbocycles. The fourth-order valence-electron chi connectivity index (χ4n) is 4.02. The van der Waals surface area contributed by atoms with E-state index >= 15 is 0 Å². The standard InChI is InChI=1S/C19H21N7O/c1-21-19(27)17-14(16-13-7-9-22-18(13)24-11-23-16)10-26(25-17)15(6-8-20)12-4-2-3-5-12/h7,9-12,15H,2-6H2,1H3,(H,21,27)(H,22,23,24). The summed E-state index contributed by atoms with van der Waals surface area (Å²) in [4.78, 5) is 24.2. The minimum Gasteiger partial charge on any atom is -0.354 e. The van der Waals surface area contributed by atoms with Gasteiger partial charge in [0.05, 0.1) is 29.8 Å². The van der Waals surface area contributed by atoms with Crippen LogP contribution >= 0.6 is 0 Å². The predicted octanol–water partition coefficient (Wildman–Crippen LogP) is 2.83. The van der Waals surface area contributed by atoms with Crippen LogP contribution in [0.1, 0.15) is 48.6 Å². The first-order valence-corrected chi connectivity index (χ1v) is 9.19. The van der Waals surface area contributed by atoms with Crippen LogP contribution in [0.5, 0.6) is 0 Å². The number of H-pyrrole nitrogens is 1. The quantitative estimate of drug-likeness (QED) is 0.724. The van der Waals surface area contributed by atoms with Gasteiger partial charge in [-0.3, -0.25) is 9.48 Å². The van der Waals surface area contributed by atoms with Crippen molar-refractivity contribution in [1.29, 1.82) is 5.26 Å². The van der Waals surface area contributed by atoms with Crippen LogP contribution in [0.25, 0.3) is 22.3 Å². The minimum absolute atomic E-state index is 0.0294. The van der Waals surface area contributed by atoms with E-state index in [0.717, 1.165) is 18.2 Å². The molecule has 0 saturated heterocycles. The van der Waals surface area contributed by atoms with Gasteiger partial charge in [-0.1, -0.05) is 12.8 Å². The summed E-state index contributed by atoms with van der Waals surface area (Å²) >= 11 is 0. The van der Waals surface area contributed by atoms with Gasteiger partial charge >= 0.3 is 0 Å². The van der Waals surface area contributed by atoms with Gasteiger partial charge in [0, 0.05) is 24.8 Å². The molecule has 0 aliphatic heterocycles. The van der Waals surface area contributed by atoms with E-state index in [0.29, 0.717) is 34.9 Å². The van der Waals surface area contributed by atoms with E-state index in [2.05, 4.69) is 31.4 Å². The average Bonchev–Trinajstić information content (AvgIpc) is 3.45. The second-order valence-electron chi connectivity index (χ2n) is 6.89. The third-order valence-corrected chi connectivity index (χ3v) is 5.37. The molecule has 0 bridgehead atoms. The second-order valence-corrected chi connectivity index (χ2v) is 6.89. The predicted molar refractivity (Wildman–Crippen MR) is 99.7 cm³/mol. The van der Waals surface area contributed by atoms with Crippen molar-refractivity contribution in [2.75, 3.05) is 7.05 Å². The summed E-state index contributed by atoms with van der Waals surface area (Å²) in [6, 6.07) is 4.15. The van der Waals surface area contributed by atoms with Crippen LogP contribution in [-0.2, 0) is 0 Å². The van der Waals surface area contributed by atoms with Crippen LogP contribution in [0, 0.1) is 17.2 Å². The van der Waals surface area contributed by atoms with Gasteiger partial charge in [0.25, 0.3) is 5.91 Å². The number of fused-ring (bicyclic) bond motifs is 1. The third-order valence-electron chi connectivity index (χ3n) is 5.37. The van der Waals surface area contributed by atoms with Crippen LogP contribution in [0.15, 0.2) is 24.8 Å². The summed E-state index contributed by atoms with van der Waals surface area (Å²) in [5.74, 6) is 0.140. The first-order chi connectivity index (χ1) is 13.2. The number of aromatic amines is 1. The molecule has 2 N–H and O–H groups in total. The van der Waals surface area contributed by atoms with E-state index in [1.165, 1.54) is 19.2 Å². The van der Waals surface area contributed by atoms with E-state index in [9.17, 15) is 10.1 Å². The highest BCUT2D eigenvalue weighted by molar-refractivity contribution is 6.02. The fourth-order valence-corrected chi connectivity index (χ4v) is 4.02. The molecule has 3 aromatic rings. The number of hydrogen-bond donors (Lipinski definition) is 2. The maximum Gasteiger partial charge on any atom is 0.272 e. The lowest BCUT2D eigenvalue weighted by Crippen LogP contribution is -2.21. The van der Waals surface area contributed by atoms with Gasteiger partial charge < -0.3 is 10.3 Å². The molecule has 1 amide bonds. The molecule has 4 rings (SSSR count). The SMILES string of the molecule is CNC(=O)c1nn(C(CC#N)C2CCCC2)cc1-c1ncnc2[nH]ccc12. The van der Waals surface area contributed by atoms with Crippen molar-refractivity contribution in [3.05, 3.63) is 30.5 Å². The molecule has 8 heteroatoms. The Morgan fingerprint density at radius 3 is 3.00 bits per heavy atom. The molecule has 3 heterocycles. The lowest BCUT2D eigenvalue weighted by Gasteiger charge is -2.21. The van der Waals surface area contributed by atoms with Crippen molar-refractivity contribution in [2.24, 2.45) is 5.92 Å². The number of rotatable bonds is 5. The molecule has 1 saturated carbocycles. The Bertz CT molecular complexity index is 1010. The summed E-state index contributed by atoms with van der Waals surface area (Å²) in [7, 11) is 1.58. The molecular formula is C19H21N7O. The normalized spacial score (nSPS) is 15.7. The highest BCUT2D eigenvalue weighted by Crippen LogP contribution is 2.37. The zero-order chi connectivity index (χ0) is 18.8. The molecule has 1 fully saturated rings. The molecule has 138 valence electrons. The van der Waals surface area contributed by atoms with Gasteiger partial charge in [-0.15, -0.1) is 0 Å². The third kappa shape index (κ3) is 3.05. The Balaban J connectivity index is 1.85. The van der Waals surface area contributed by atoms with Gasteiger partial charge in [-0.25, -0.2) is 9.97 Å². The van der Waals surface area contributed by atoms with Crippen molar-refractivity contribution in [3.8, 4) is 17.3 Å². The molecule has 3 aromatic heterocycles. The van der Waals surface area contributed by atoms with Crippen molar-refractivity contribution >= 4 is 16.9 Å². The maximum atomic E-state index is 12.5. The van der Waals surface area contributed by atoms with E-state index in [-0.39, 0.29) is 11.9 Å².